The smallest absolute Gasteiger partial charge is 0.278 e. The summed E-state index contributed by atoms with van der Waals surface area (Å²) >= 11 is 1.11. The van der Waals surface area contributed by atoms with E-state index in [1.54, 1.807) is 93.1 Å². The fourth-order valence-electron chi connectivity index (χ4n) is 4.20. The maximum Gasteiger partial charge on any atom is 0.278 e. The van der Waals surface area contributed by atoms with Crippen molar-refractivity contribution < 1.29 is 33.0 Å². The lowest BCUT2D eigenvalue weighted by Crippen LogP contribution is -2.31. The molecular formula is C31H27N3O7S. The van der Waals surface area contributed by atoms with E-state index in [-0.39, 0.29) is 23.1 Å². The summed E-state index contributed by atoms with van der Waals surface area (Å²) in [5.41, 5.74) is 1.55. The van der Waals surface area contributed by atoms with Crippen molar-refractivity contribution in [2.45, 2.75) is 11.4 Å². The van der Waals surface area contributed by atoms with Crippen molar-refractivity contribution in [2.24, 2.45) is 0 Å². The second-order valence-electron chi connectivity index (χ2n) is 8.98. The molecule has 0 bridgehead atoms. The van der Waals surface area contributed by atoms with Gasteiger partial charge in [0.2, 0.25) is 0 Å². The Balaban J connectivity index is 1.43. The third-order valence-corrected chi connectivity index (χ3v) is 7.42. The Morgan fingerprint density at radius 2 is 1.62 bits per heavy atom. The fourth-order valence-corrected chi connectivity index (χ4v) is 5.20. The highest BCUT2D eigenvalue weighted by molar-refractivity contribution is 8.04. The number of carbonyl (C=O) groups excluding carboxylic acids is 3. The first-order valence-electron chi connectivity index (χ1n) is 12.8. The van der Waals surface area contributed by atoms with E-state index in [0.29, 0.717) is 44.8 Å². The van der Waals surface area contributed by atoms with Crippen LogP contribution in [0.25, 0.3) is 0 Å². The van der Waals surface area contributed by atoms with Crippen LogP contribution in [0.3, 0.4) is 0 Å². The number of carbonyl (C=O) groups is 3. The van der Waals surface area contributed by atoms with Crippen molar-refractivity contribution in [3.8, 4) is 17.2 Å². The lowest BCUT2D eigenvalue weighted by molar-refractivity contribution is -0.138. The van der Waals surface area contributed by atoms with E-state index in [1.807, 2.05) is 0 Å². The van der Waals surface area contributed by atoms with Gasteiger partial charge in [0.25, 0.3) is 17.7 Å². The van der Waals surface area contributed by atoms with Crippen molar-refractivity contribution in [1.29, 1.82) is 0 Å². The fraction of sp³-hybridized carbons (Fsp3) is 0.129. The maximum absolute atomic E-state index is 13.6. The van der Waals surface area contributed by atoms with Crippen LogP contribution < -0.4 is 24.8 Å². The minimum absolute atomic E-state index is 0.0301. The molecule has 1 aromatic heterocycles. The first-order chi connectivity index (χ1) is 20.4. The minimum atomic E-state index is -0.513. The van der Waals surface area contributed by atoms with Crippen molar-refractivity contribution in [3.05, 3.63) is 107 Å². The molecule has 3 amide bonds. The molecule has 0 radical (unpaired) electrons. The van der Waals surface area contributed by atoms with E-state index in [4.69, 9.17) is 18.6 Å². The van der Waals surface area contributed by atoms with Crippen LogP contribution >= 0.6 is 11.8 Å². The van der Waals surface area contributed by atoms with E-state index >= 15 is 0 Å². The normalized spacial score (nSPS) is 12.9. The molecule has 11 heteroatoms. The lowest BCUT2D eigenvalue weighted by Gasteiger charge is -2.15. The standard InChI is InChI=1S/C31H27N3O7S/c1-38-21-11-9-19(10-12-21)29(35)32-20-6-4-8-24(16-20)42-28-27(33-25-14-13-22(39-2)17-26(25)40-3)30(36)34(31(28)37)18-23-7-5-15-41-23/h4-17,33H,18H2,1-3H3,(H,32,35). The van der Waals surface area contributed by atoms with Crippen LogP contribution in [-0.2, 0) is 16.1 Å². The van der Waals surface area contributed by atoms with Gasteiger partial charge in [-0.2, -0.15) is 0 Å². The van der Waals surface area contributed by atoms with Gasteiger partial charge in [0.15, 0.2) is 0 Å². The molecule has 10 nitrogen and oxygen atoms in total. The molecule has 2 N–H and O–H groups in total. The van der Waals surface area contributed by atoms with Crippen molar-refractivity contribution >= 4 is 40.9 Å². The summed E-state index contributed by atoms with van der Waals surface area (Å²) in [5, 5.41) is 5.97. The van der Waals surface area contributed by atoms with Gasteiger partial charge in [-0.3, -0.25) is 19.3 Å². The van der Waals surface area contributed by atoms with Crippen LogP contribution in [0.4, 0.5) is 11.4 Å². The number of hydrogen-bond acceptors (Lipinski definition) is 9. The largest absolute Gasteiger partial charge is 0.497 e. The van der Waals surface area contributed by atoms with E-state index in [0.717, 1.165) is 16.7 Å². The Labute approximate surface area is 246 Å². The quantitative estimate of drug-likeness (QED) is 0.219. The number of nitrogens with zero attached hydrogens (tertiary/aromatic N) is 1. The molecule has 0 fully saturated rings. The van der Waals surface area contributed by atoms with Crippen molar-refractivity contribution in [3.63, 3.8) is 0 Å². The van der Waals surface area contributed by atoms with E-state index in [9.17, 15) is 14.4 Å². The predicted octanol–water partition coefficient (Wildman–Crippen LogP) is 5.54. The highest BCUT2D eigenvalue weighted by Crippen LogP contribution is 2.39. The zero-order valence-corrected chi connectivity index (χ0v) is 23.8. The van der Waals surface area contributed by atoms with Crippen LogP contribution in [0.1, 0.15) is 16.1 Å². The molecule has 0 unspecified atom stereocenters. The molecule has 1 aliphatic heterocycles. The lowest BCUT2D eigenvalue weighted by atomic mass is 10.2. The number of furan rings is 1. The molecule has 0 atom stereocenters. The molecule has 4 aromatic rings. The van der Waals surface area contributed by atoms with E-state index in [1.165, 1.54) is 13.4 Å². The van der Waals surface area contributed by atoms with Crippen LogP contribution in [0.15, 0.2) is 105 Å². The Morgan fingerprint density at radius 1 is 0.857 bits per heavy atom. The first kappa shape index (κ1) is 28.4. The molecular weight excluding hydrogens is 558 g/mol. The molecule has 42 heavy (non-hydrogen) atoms. The summed E-state index contributed by atoms with van der Waals surface area (Å²) in [5.74, 6) is 0.816. The molecule has 3 aromatic carbocycles. The summed E-state index contributed by atoms with van der Waals surface area (Å²) < 4.78 is 21.3. The van der Waals surface area contributed by atoms with Gasteiger partial charge >= 0.3 is 0 Å². The number of hydrogen-bond donors (Lipinski definition) is 2. The second kappa shape index (κ2) is 12.6. The van der Waals surface area contributed by atoms with Crippen LogP contribution in [-0.4, -0.2) is 44.0 Å². The third kappa shape index (κ3) is 6.11. The minimum Gasteiger partial charge on any atom is -0.497 e. The maximum atomic E-state index is 13.6. The average molecular weight is 586 g/mol. The van der Waals surface area contributed by atoms with Gasteiger partial charge < -0.3 is 29.3 Å². The molecule has 0 spiro atoms. The molecule has 0 aliphatic carbocycles. The zero-order chi connectivity index (χ0) is 29.6. The van der Waals surface area contributed by atoms with Gasteiger partial charge in [-0.1, -0.05) is 17.8 Å². The highest BCUT2D eigenvalue weighted by atomic mass is 32.2. The predicted molar refractivity (Wildman–Crippen MR) is 158 cm³/mol. The van der Waals surface area contributed by atoms with Crippen molar-refractivity contribution in [1.82, 2.24) is 4.90 Å². The van der Waals surface area contributed by atoms with Crippen LogP contribution in [0.5, 0.6) is 17.2 Å². The van der Waals surface area contributed by atoms with Crippen molar-refractivity contribution in [2.75, 3.05) is 32.0 Å². The van der Waals surface area contributed by atoms with Gasteiger partial charge in [0, 0.05) is 22.2 Å². The number of amides is 3. The van der Waals surface area contributed by atoms with E-state index in [2.05, 4.69) is 10.6 Å². The number of thioether (sulfide) groups is 1. The van der Waals surface area contributed by atoms with Crippen LogP contribution in [0, 0.1) is 0 Å². The van der Waals surface area contributed by atoms with Gasteiger partial charge in [0.05, 0.1) is 39.8 Å². The third-order valence-electron chi connectivity index (χ3n) is 6.35. The number of nitrogens with one attached hydrogen (secondary N) is 2. The summed E-state index contributed by atoms with van der Waals surface area (Å²) in [7, 11) is 4.60. The summed E-state index contributed by atoms with van der Waals surface area (Å²) in [6.45, 7) is -0.0301. The Kier molecular flexibility index (Phi) is 8.49. The summed E-state index contributed by atoms with van der Waals surface area (Å²) in [6, 6.07) is 22.2. The average Bonchev–Trinajstić information content (AvgIpc) is 3.61. The van der Waals surface area contributed by atoms with Gasteiger partial charge in [-0.25, -0.2) is 0 Å². The number of imide groups is 1. The molecule has 5 rings (SSSR count). The first-order valence-corrected chi connectivity index (χ1v) is 13.6. The Morgan fingerprint density at radius 3 is 2.31 bits per heavy atom. The van der Waals surface area contributed by atoms with E-state index < -0.39 is 11.8 Å². The topological polar surface area (TPSA) is 119 Å². The number of anilines is 2. The Hall–Kier alpha value is -5.16. The number of rotatable bonds is 11. The monoisotopic (exact) mass is 585 g/mol. The highest BCUT2D eigenvalue weighted by Gasteiger charge is 2.40. The molecule has 1 aliphatic rings. The second-order valence-corrected chi connectivity index (χ2v) is 10.1. The van der Waals surface area contributed by atoms with Crippen LogP contribution in [0.2, 0.25) is 0 Å². The molecule has 2 heterocycles. The molecule has 214 valence electrons. The summed E-state index contributed by atoms with van der Waals surface area (Å²) in [6.07, 6.45) is 1.48. The van der Waals surface area contributed by atoms with Gasteiger partial charge in [0.1, 0.15) is 33.6 Å². The molecule has 0 saturated carbocycles. The SMILES string of the molecule is COc1ccc(C(=O)Nc2cccc(SC3=C(Nc4ccc(OC)cc4OC)C(=O)N(Cc4ccco4)C3=O)c2)cc1. The number of ether oxygens (including phenoxy) is 3. The molecule has 0 saturated heterocycles. The Bertz CT molecular complexity index is 1650. The van der Waals surface area contributed by atoms with Gasteiger partial charge in [-0.05, 0) is 66.7 Å². The van der Waals surface area contributed by atoms with Gasteiger partial charge in [-0.15, -0.1) is 0 Å². The number of benzene rings is 3. The number of methoxy groups -OCH3 is 3. The summed E-state index contributed by atoms with van der Waals surface area (Å²) in [4.78, 5) is 41.9. The zero-order valence-electron chi connectivity index (χ0n) is 23.0.